The topological polar surface area (TPSA) is 77.6 Å². The van der Waals surface area contributed by atoms with Crippen molar-refractivity contribution in [3.63, 3.8) is 0 Å². The van der Waals surface area contributed by atoms with Crippen molar-refractivity contribution in [1.29, 1.82) is 0 Å². The first-order chi connectivity index (χ1) is 13.2. The van der Waals surface area contributed by atoms with E-state index in [4.69, 9.17) is 0 Å². The van der Waals surface area contributed by atoms with Gasteiger partial charge in [-0.1, -0.05) is 12.1 Å². The van der Waals surface area contributed by atoms with Crippen molar-refractivity contribution < 1.29 is 9.59 Å². The smallest absolute Gasteiger partial charge is 0.280 e. The van der Waals surface area contributed by atoms with Gasteiger partial charge >= 0.3 is 0 Å². The van der Waals surface area contributed by atoms with Gasteiger partial charge in [-0.3, -0.25) is 15.0 Å². The van der Waals surface area contributed by atoms with Crippen LogP contribution in [0, 0.1) is 0 Å². The third-order valence-corrected chi connectivity index (χ3v) is 5.66. The van der Waals surface area contributed by atoms with Crippen LogP contribution in [0.25, 0.3) is 10.8 Å². The molecular weight excluding hydrogens is 362 g/mol. The average Bonchev–Trinajstić information content (AvgIpc) is 3.23. The second kappa shape index (κ2) is 6.33. The molecule has 0 spiro atoms. The zero-order valence-corrected chi connectivity index (χ0v) is 15.3. The number of hydrogen-bond acceptors (Lipinski definition) is 7. The molecule has 2 aliphatic rings. The molecule has 5 rings (SSSR count). The van der Waals surface area contributed by atoms with Crippen LogP contribution in [0.4, 0.5) is 10.8 Å². The van der Waals surface area contributed by atoms with E-state index >= 15 is 0 Å². The molecule has 2 amide bonds. The lowest BCUT2D eigenvalue weighted by Crippen LogP contribution is -2.45. The Morgan fingerprint density at radius 1 is 1.04 bits per heavy atom. The molecule has 27 heavy (non-hydrogen) atoms. The second-order valence-corrected chi connectivity index (χ2v) is 7.39. The number of imide groups is 1. The summed E-state index contributed by atoms with van der Waals surface area (Å²) in [6.45, 7) is 3.65. The molecule has 8 heteroatoms. The summed E-state index contributed by atoms with van der Waals surface area (Å²) in [5.74, 6) is -0.712. The van der Waals surface area contributed by atoms with Crippen molar-refractivity contribution in [3.8, 4) is 0 Å². The number of carbonyl (C=O) groups excluding carboxylic acids is 2. The van der Waals surface area contributed by atoms with Gasteiger partial charge in [-0.2, -0.15) is 5.01 Å². The quantitative estimate of drug-likeness (QED) is 0.680. The van der Waals surface area contributed by atoms with Gasteiger partial charge in [0.2, 0.25) is 5.13 Å². The minimum Gasteiger partial charge on any atom is -0.368 e. The highest BCUT2D eigenvalue weighted by atomic mass is 32.1. The van der Waals surface area contributed by atoms with E-state index in [1.165, 1.54) is 11.3 Å². The second-order valence-electron chi connectivity index (χ2n) is 6.49. The Balaban J connectivity index is 1.63. The number of piperazine rings is 1. The fraction of sp³-hybridized carbons (Fsp3) is 0.211. The summed E-state index contributed by atoms with van der Waals surface area (Å²) in [5.41, 5.74) is 4.98. The minimum atomic E-state index is -0.356. The number of carbonyl (C=O) groups is 2. The standard InChI is InChI=1S/C19H17N5O2S/c25-17-13-3-1-2-12-15(23-9-6-20-7-10-23)5-4-14(16(12)13)18(26)24(17)22-19-21-8-11-27-19/h1-5,8,11,20H,6-7,9-10H2,(H,21,22). The Morgan fingerprint density at radius 3 is 2.56 bits per heavy atom. The molecular formula is C19H17N5O2S. The summed E-state index contributed by atoms with van der Waals surface area (Å²) in [5, 5.41) is 8.38. The van der Waals surface area contributed by atoms with Gasteiger partial charge < -0.3 is 10.2 Å². The number of hydrazine groups is 1. The SMILES string of the molecule is O=C1c2cccc3c(N4CCNCC4)ccc(c23)C(=O)N1Nc1nccs1. The third kappa shape index (κ3) is 2.56. The van der Waals surface area contributed by atoms with Crippen LogP contribution in [0.15, 0.2) is 41.9 Å². The number of aromatic nitrogens is 1. The van der Waals surface area contributed by atoms with Crippen molar-refractivity contribution in [2.24, 2.45) is 0 Å². The summed E-state index contributed by atoms with van der Waals surface area (Å²) >= 11 is 1.33. The van der Waals surface area contributed by atoms with Crippen molar-refractivity contribution in [2.45, 2.75) is 0 Å². The van der Waals surface area contributed by atoms with E-state index < -0.39 is 0 Å². The van der Waals surface area contributed by atoms with E-state index in [-0.39, 0.29) is 11.8 Å². The highest BCUT2D eigenvalue weighted by Crippen LogP contribution is 2.36. The normalized spacial score (nSPS) is 16.9. The summed E-state index contributed by atoms with van der Waals surface area (Å²) in [6, 6.07) is 9.46. The summed E-state index contributed by atoms with van der Waals surface area (Å²) in [4.78, 5) is 32.5. The number of benzene rings is 2. The van der Waals surface area contributed by atoms with Crippen LogP contribution in [-0.4, -0.2) is 48.0 Å². The van der Waals surface area contributed by atoms with Crippen molar-refractivity contribution in [3.05, 3.63) is 53.0 Å². The lowest BCUT2D eigenvalue weighted by atomic mass is 9.93. The molecule has 0 atom stereocenters. The molecule has 2 N–H and O–H groups in total. The predicted octanol–water partition coefficient (Wildman–Crippen LogP) is 2.33. The van der Waals surface area contributed by atoms with Crippen molar-refractivity contribution in [1.82, 2.24) is 15.3 Å². The van der Waals surface area contributed by atoms with Crippen LogP contribution in [0.5, 0.6) is 0 Å². The highest BCUT2D eigenvalue weighted by Gasteiger charge is 2.34. The van der Waals surface area contributed by atoms with E-state index in [0.717, 1.165) is 47.6 Å². The van der Waals surface area contributed by atoms with E-state index in [1.807, 2.05) is 24.3 Å². The molecule has 0 unspecified atom stereocenters. The molecule has 7 nitrogen and oxygen atoms in total. The predicted molar refractivity (Wildman–Crippen MR) is 105 cm³/mol. The summed E-state index contributed by atoms with van der Waals surface area (Å²) in [7, 11) is 0. The summed E-state index contributed by atoms with van der Waals surface area (Å²) < 4.78 is 0. The molecule has 136 valence electrons. The van der Waals surface area contributed by atoms with Gasteiger partial charge in [0.1, 0.15) is 0 Å². The molecule has 1 aromatic heterocycles. The number of hydrogen-bond donors (Lipinski definition) is 2. The number of nitrogens with one attached hydrogen (secondary N) is 2. The zero-order chi connectivity index (χ0) is 18.4. The molecule has 1 fully saturated rings. The average molecular weight is 379 g/mol. The van der Waals surface area contributed by atoms with Gasteiger partial charge in [-0.05, 0) is 18.2 Å². The molecule has 0 radical (unpaired) electrons. The molecule has 3 aromatic rings. The van der Waals surface area contributed by atoms with E-state index in [0.29, 0.717) is 16.3 Å². The molecule has 2 aliphatic heterocycles. The van der Waals surface area contributed by atoms with Crippen LogP contribution in [0.1, 0.15) is 20.7 Å². The van der Waals surface area contributed by atoms with Gasteiger partial charge in [-0.15, -0.1) is 11.3 Å². The third-order valence-electron chi connectivity index (χ3n) is 4.98. The molecule has 0 aliphatic carbocycles. The largest absolute Gasteiger partial charge is 0.368 e. The number of thiazole rings is 1. The van der Waals surface area contributed by atoms with Crippen molar-refractivity contribution >= 4 is 44.7 Å². The van der Waals surface area contributed by atoms with Gasteiger partial charge in [0.25, 0.3) is 11.8 Å². The molecule has 0 saturated carbocycles. The van der Waals surface area contributed by atoms with Gasteiger partial charge in [0.05, 0.1) is 11.1 Å². The first kappa shape index (κ1) is 16.2. The number of anilines is 2. The van der Waals surface area contributed by atoms with Gasteiger partial charge in [0, 0.05) is 54.2 Å². The molecule has 3 heterocycles. The number of amides is 2. The van der Waals surface area contributed by atoms with E-state index in [2.05, 4.69) is 20.6 Å². The first-order valence-corrected chi connectivity index (χ1v) is 9.68. The van der Waals surface area contributed by atoms with Crippen LogP contribution >= 0.6 is 11.3 Å². The van der Waals surface area contributed by atoms with Gasteiger partial charge in [0.15, 0.2) is 0 Å². The number of nitrogens with zero attached hydrogens (tertiary/aromatic N) is 3. The maximum Gasteiger partial charge on any atom is 0.280 e. The fourth-order valence-electron chi connectivity index (χ4n) is 3.74. The molecule has 1 saturated heterocycles. The van der Waals surface area contributed by atoms with Crippen LogP contribution in [0.2, 0.25) is 0 Å². The Kier molecular flexibility index (Phi) is 3.80. The molecule has 2 aromatic carbocycles. The van der Waals surface area contributed by atoms with Gasteiger partial charge in [-0.25, -0.2) is 4.98 Å². The zero-order valence-electron chi connectivity index (χ0n) is 14.4. The monoisotopic (exact) mass is 379 g/mol. The first-order valence-electron chi connectivity index (χ1n) is 8.80. The fourth-order valence-corrected chi connectivity index (χ4v) is 4.25. The van der Waals surface area contributed by atoms with Crippen LogP contribution < -0.4 is 15.6 Å². The number of rotatable bonds is 3. The Bertz CT molecular complexity index is 1020. The van der Waals surface area contributed by atoms with Crippen molar-refractivity contribution in [2.75, 3.05) is 36.5 Å². The highest BCUT2D eigenvalue weighted by molar-refractivity contribution is 7.13. The van der Waals surface area contributed by atoms with Crippen LogP contribution in [0.3, 0.4) is 0 Å². The Labute approximate surface area is 159 Å². The lowest BCUT2D eigenvalue weighted by molar-refractivity contribution is 0.0649. The maximum absolute atomic E-state index is 13.0. The maximum atomic E-state index is 13.0. The minimum absolute atomic E-state index is 0.356. The summed E-state index contributed by atoms with van der Waals surface area (Å²) in [6.07, 6.45) is 1.63. The molecule has 0 bridgehead atoms. The Hall–Kier alpha value is -2.97. The van der Waals surface area contributed by atoms with E-state index in [1.54, 1.807) is 17.6 Å². The van der Waals surface area contributed by atoms with E-state index in [9.17, 15) is 9.59 Å². The lowest BCUT2D eigenvalue weighted by Gasteiger charge is -2.32. The van der Waals surface area contributed by atoms with Crippen LogP contribution in [-0.2, 0) is 0 Å². The Morgan fingerprint density at radius 2 is 1.81 bits per heavy atom.